The number of unbranched alkanes of at least 4 members (excludes halogenated alkanes) is 28. The highest BCUT2D eigenvalue weighted by Gasteiger charge is 2.30. The molecule has 0 aromatic heterocycles. The Morgan fingerprint density at radius 1 is 0.298 bits per heavy atom. The second-order valence-corrected chi connectivity index (χ2v) is 28.3. The zero-order chi connectivity index (χ0) is 62.5. The molecular formula is C65H126O17P2. The molecule has 3 unspecified atom stereocenters. The molecule has 0 aromatic carbocycles. The highest BCUT2D eigenvalue weighted by Crippen LogP contribution is 2.45. The molecule has 84 heavy (non-hydrogen) atoms. The second-order valence-electron chi connectivity index (χ2n) is 25.4. The highest BCUT2D eigenvalue weighted by atomic mass is 31.2. The first-order chi connectivity index (χ1) is 40.1. The topological polar surface area (TPSA) is 237 Å². The van der Waals surface area contributed by atoms with Crippen LogP contribution in [-0.2, 0) is 65.4 Å². The van der Waals surface area contributed by atoms with Gasteiger partial charge in [-0.05, 0) is 49.4 Å². The Morgan fingerprint density at radius 3 is 0.738 bits per heavy atom. The van der Waals surface area contributed by atoms with Crippen LogP contribution in [-0.4, -0.2) is 96.7 Å². The number of carbonyl (C=O) groups is 4. The molecule has 0 spiro atoms. The van der Waals surface area contributed by atoms with Crippen LogP contribution >= 0.6 is 15.6 Å². The lowest BCUT2D eigenvalue weighted by atomic mass is 10.0. The zero-order valence-electron chi connectivity index (χ0n) is 54.5. The summed E-state index contributed by atoms with van der Waals surface area (Å²) in [6.07, 6.45) is 35.0. The van der Waals surface area contributed by atoms with Gasteiger partial charge in [0.15, 0.2) is 12.2 Å². The summed E-state index contributed by atoms with van der Waals surface area (Å²) in [4.78, 5) is 72.2. The maximum Gasteiger partial charge on any atom is 0.472 e. The number of aliphatic hydroxyl groups is 1. The molecule has 0 heterocycles. The Balaban J connectivity index is 5.25. The van der Waals surface area contributed by atoms with Gasteiger partial charge in [-0.3, -0.25) is 37.3 Å². The molecule has 0 aliphatic rings. The minimum absolute atomic E-state index is 0.102. The van der Waals surface area contributed by atoms with Gasteiger partial charge in [0.2, 0.25) is 0 Å². The second kappa shape index (κ2) is 55.2. The van der Waals surface area contributed by atoms with E-state index in [1.54, 1.807) is 0 Å². The van der Waals surface area contributed by atoms with Crippen LogP contribution in [0.25, 0.3) is 0 Å². The molecule has 0 rings (SSSR count). The van der Waals surface area contributed by atoms with Crippen molar-refractivity contribution in [1.29, 1.82) is 0 Å². The monoisotopic (exact) mass is 1240 g/mol. The first kappa shape index (κ1) is 82.1. The number of rotatable bonds is 62. The third kappa shape index (κ3) is 59.0. The minimum atomic E-state index is -4.95. The summed E-state index contributed by atoms with van der Waals surface area (Å²) in [6.45, 7) is 13.9. The maximum atomic E-state index is 13.0. The van der Waals surface area contributed by atoms with Crippen LogP contribution in [0.4, 0.5) is 0 Å². The smallest absolute Gasteiger partial charge is 0.462 e. The van der Waals surface area contributed by atoms with Crippen LogP contribution in [0.2, 0.25) is 0 Å². The van der Waals surface area contributed by atoms with E-state index >= 15 is 0 Å². The lowest BCUT2D eigenvalue weighted by molar-refractivity contribution is -0.161. The standard InChI is InChI=1S/C65H126O17P2/c1-55(2)41-33-25-17-11-9-13-21-29-37-45-62(67)75-51-60(81-64(69)47-39-31-22-14-10-12-18-26-34-42-56(3)4)53-79-83(71,72)77-49-59(66)50-78-84(73,74)80-54-61(82-65(70)48-40-32-24-16-20-28-36-44-58(7)8)52-76-63(68)46-38-30-23-15-19-27-35-43-57(5)6/h55-61,66H,9-54H2,1-8H3,(H,71,72)(H,73,74)/t59?,60-,61-/m1/s1. The van der Waals surface area contributed by atoms with Gasteiger partial charge in [0.25, 0.3) is 0 Å². The average Bonchev–Trinajstić information content (AvgIpc) is 3.43. The third-order valence-electron chi connectivity index (χ3n) is 14.8. The largest absolute Gasteiger partial charge is 0.472 e. The summed E-state index contributed by atoms with van der Waals surface area (Å²) in [5.74, 6) is 0.741. The molecule has 0 saturated carbocycles. The molecule has 0 bridgehead atoms. The Hall–Kier alpha value is -1.94. The number of phosphoric acid groups is 2. The highest BCUT2D eigenvalue weighted by molar-refractivity contribution is 7.47. The quantitative estimate of drug-likeness (QED) is 0.0222. The van der Waals surface area contributed by atoms with Gasteiger partial charge < -0.3 is 33.8 Å². The maximum absolute atomic E-state index is 13.0. The molecule has 3 N–H and O–H groups in total. The first-order valence-corrected chi connectivity index (χ1v) is 36.7. The summed E-state index contributed by atoms with van der Waals surface area (Å²) in [5.41, 5.74) is 0. The number of hydrogen-bond acceptors (Lipinski definition) is 15. The number of phosphoric ester groups is 2. The third-order valence-corrected chi connectivity index (χ3v) is 16.7. The van der Waals surface area contributed by atoms with Gasteiger partial charge in [-0.25, -0.2) is 9.13 Å². The molecule has 0 aliphatic heterocycles. The van der Waals surface area contributed by atoms with Gasteiger partial charge >= 0.3 is 39.5 Å². The molecule has 498 valence electrons. The van der Waals surface area contributed by atoms with Crippen molar-refractivity contribution in [2.45, 2.75) is 331 Å². The van der Waals surface area contributed by atoms with E-state index in [1.165, 1.54) is 109 Å². The minimum Gasteiger partial charge on any atom is -0.462 e. The van der Waals surface area contributed by atoms with Crippen molar-refractivity contribution in [3.8, 4) is 0 Å². The normalized spacial score (nSPS) is 14.4. The molecule has 0 radical (unpaired) electrons. The Morgan fingerprint density at radius 2 is 0.500 bits per heavy atom. The fraction of sp³-hybridized carbons (Fsp3) is 0.938. The van der Waals surface area contributed by atoms with E-state index < -0.39 is 97.5 Å². The Kier molecular flexibility index (Phi) is 53.9. The van der Waals surface area contributed by atoms with E-state index in [1.807, 2.05) is 0 Å². The number of aliphatic hydroxyl groups excluding tert-OH is 1. The molecule has 5 atom stereocenters. The molecule has 0 fully saturated rings. The van der Waals surface area contributed by atoms with Crippen molar-refractivity contribution in [3.05, 3.63) is 0 Å². The molecule has 19 heteroatoms. The van der Waals surface area contributed by atoms with Crippen LogP contribution in [0.3, 0.4) is 0 Å². The fourth-order valence-electron chi connectivity index (χ4n) is 9.61. The number of hydrogen-bond donors (Lipinski definition) is 3. The lowest BCUT2D eigenvalue weighted by Gasteiger charge is -2.21. The Labute approximate surface area is 511 Å². The van der Waals surface area contributed by atoms with Crippen LogP contribution in [0.1, 0.15) is 312 Å². The summed E-state index contributed by atoms with van der Waals surface area (Å²) in [7, 11) is -9.89. The summed E-state index contributed by atoms with van der Waals surface area (Å²) in [5, 5.41) is 10.5. The van der Waals surface area contributed by atoms with E-state index in [-0.39, 0.29) is 25.7 Å². The number of esters is 4. The van der Waals surface area contributed by atoms with Crippen molar-refractivity contribution >= 4 is 39.5 Å². The van der Waals surface area contributed by atoms with E-state index in [0.717, 1.165) is 108 Å². The molecule has 17 nitrogen and oxygen atoms in total. The Bertz CT molecular complexity index is 1680. The van der Waals surface area contributed by atoms with E-state index in [4.69, 9.17) is 37.0 Å². The van der Waals surface area contributed by atoms with Gasteiger partial charge in [-0.15, -0.1) is 0 Å². The van der Waals surface area contributed by atoms with Crippen molar-refractivity contribution < 1.29 is 80.2 Å². The summed E-state index contributed by atoms with van der Waals surface area (Å²) >= 11 is 0. The van der Waals surface area contributed by atoms with E-state index in [2.05, 4.69) is 55.4 Å². The molecular weight excluding hydrogens is 1110 g/mol. The van der Waals surface area contributed by atoms with Gasteiger partial charge in [-0.1, -0.05) is 261 Å². The van der Waals surface area contributed by atoms with Crippen LogP contribution < -0.4 is 0 Å². The summed E-state index contributed by atoms with van der Waals surface area (Å²) in [6, 6.07) is 0. The SMILES string of the molecule is CC(C)CCCCCCCCCCCC(=O)OC[C@H](COP(=O)(O)OCC(O)COP(=O)(O)OC[C@@H](COC(=O)CCCCCCCCCC(C)C)OC(=O)CCCCCCCCCC(C)C)OC(=O)CCCCCCCCCCCC(C)C. The number of carbonyl (C=O) groups excluding carboxylic acids is 4. The van der Waals surface area contributed by atoms with Gasteiger partial charge in [0.05, 0.1) is 26.4 Å². The zero-order valence-corrected chi connectivity index (χ0v) is 56.3. The van der Waals surface area contributed by atoms with Gasteiger partial charge in [0.1, 0.15) is 19.3 Å². The van der Waals surface area contributed by atoms with Crippen molar-refractivity contribution in [3.63, 3.8) is 0 Å². The van der Waals surface area contributed by atoms with Gasteiger partial charge in [0, 0.05) is 25.7 Å². The van der Waals surface area contributed by atoms with Crippen molar-refractivity contribution in [2.75, 3.05) is 39.6 Å². The molecule has 0 aliphatic carbocycles. The van der Waals surface area contributed by atoms with Crippen LogP contribution in [0.5, 0.6) is 0 Å². The van der Waals surface area contributed by atoms with Crippen LogP contribution in [0, 0.1) is 23.7 Å². The van der Waals surface area contributed by atoms with Crippen LogP contribution in [0.15, 0.2) is 0 Å². The van der Waals surface area contributed by atoms with Crippen molar-refractivity contribution in [1.82, 2.24) is 0 Å². The predicted octanol–water partition coefficient (Wildman–Crippen LogP) is 17.8. The average molecular weight is 1240 g/mol. The summed E-state index contributed by atoms with van der Waals surface area (Å²) < 4.78 is 68.0. The first-order valence-electron chi connectivity index (χ1n) is 33.7. The van der Waals surface area contributed by atoms with E-state index in [0.29, 0.717) is 37.5 Å². The molecule has 0 saturated heterocycles. The molecule has 0 aromatic rings. The fourth-order valence-corrected chi connectivity index (χ4v) is 11.2. The lowest BCUT2D eigenvalue weighted by Crippen LogP contribution is -2.30. The van der Waals surface area contributed by atoms with Gasteiger partial charge in [-0.2, -0.15) is 0 Å². The van der Waals surface area contributed by atoms with Crippen molar-refractivity contribution in [2.24, 2.45) is 23.7 Å². The predicted molar refractivity (Wildman–Crippen MR) is 335 cm³/mol. The molecule has 0 amide bonds. The van der Waals surface area contributed by atoms with E-state index in [9.17, 15) is 43.2 Å². The number of ether oxygens (including phenoxy) is 4.